The van der Waals surface area contributed by atoms with Crippen LogP contribution in [0.15, 0.2) is 30.6 Å². The van der Waals surface area contributed by atoms with E-state index in [1.165, 1.54) is 4.52 Å². The Labute approximate surface area is 147 Å². The summed E-state index contributed by atoms with van der Waals surface area (Å²) in [7, 11) is 1.66. The lowest BCUT2D eigenvalue weighted by Gasteiger charge is -2.08. The molecule has 0 unspecified atom stereocenters. The number of aromatic nitrogens is 5. The minimum Gasteiger partial charge on any atom is -0.364 e. The lowest BCUT2D eigenvalue weighted by Crippen LogP contribution is -2.46. The second-order valence-corrected chi connectivity index (χ2v) is 5.78. The number of hydrogen-bond donors (Lipinski definition) is 3. The van der Waals surface area contributed by atoms with Crippen LogP contribution in [0.4, 0.5) is 0 Å². The lowest BCUT2D eigenvalue weighted by atomic mass is 10.2. The third-order valence-corrected chi connectivity index (χ3v) is 4.15. The predicted octanol–water partition coefficient (Wildman–Crippen LogP) is 0.577. The van der Waals surface area contributed by atoms with E-state index in [0.717, 1.165) is 10.9 Å². The number of fused-ring (bicyclic) bond motifs is 5. The summed E-state index contributed by atoms with van der Waals surface area (Å²) in [5.41, 5.74) is 7.53. The van der Waals surface area contributed by atoms with Gasteiger partial charge in [-0.05, 0) is 31.3 Å². The van der Waals surface area contributed by atoms with Crippen LogP contribution >= 0.6 is 12.2 Å². The molecule has 1 aromatic carbocycles. The van der Waals surface area contributed by atoms with Crippen molar-refractivity contribution in [1.82, 2.24) is 40.2 Å². The Hall–Kier alpha value is -3.27. The van der Waals surface area contributed by atoms with Crippen molar-refractivity contribution in [3.63, 3.8) is 0 Å². The molecular weight excluding hydrogens is 340 g/mol. The second-order valence-electron chi connectivity index (χ2n) is 5.37. The summed E-state index contributed by atoms with van der Waals surface area (Å²) in [4.78, 5) is 21.4. The lowest BCUT2D eigenvalue weighted by molar-refractivity contribution is 0.0936. The third-order valence-electron chi connectivity index (χ3n) is 3.84. The topological polar surface area (TPSA) is 101 Å². The van der Waals surface area contributed by atoms with Gasteiger partial charge in [-0.25, -0.2) is 9.97 Å². The standard InChI is InChI=1S/C15H14N8OS/c1-8-11(13(24)19-20-14(25)16-2)23-15(18-8)22-7-17-10-6-4-3-5-9(10)12(22)21-23/h3-7H,1-2H3,(H,19,24)(H2,16,20,25). The Balaban J connectivity index is 1.87. The van der Waals surface area contributed by atoms with Gasteiger partial charge >= 0.3 is 0 Å². The van der Waals surface area contributed by atoms with Crippen LogP contribution in [0.25, 0.3) is 22.3 Å². The minimum absolute atomic E-state index is 0.303. The van der Waals surface area contributed by atoms with Gasteiger partial charge in [-0.1, -0.05) is 12.1 Å². The second kappa shape index (κ2) is 5.67. The number of hydrogen-bond acceptors (Lipinski definition) is 5. The molecule has 0 spiro atoms. The average Bonchev–Trinajstić information content (AvgIpc) is 3.13. The van der Waals surface area contributed by atoms with E-state index < -0.39 is 0 Å². The highest BCUT2D eigenvalue weighted by molar-refractivity contribution is 7.80. The predicted molar refractivity (Wildman–Crippen MR) is 96.2 cm³/mol. The number of thiocarbonyl (C=S) groups is 1. The minimum atomic E-state index is -0.386. The van der Waals surface area contributed by atoms with Gasteiger partial charge in [0.1, 0.15) is 6.33 Å². The molecule has 3 heterocycles. The number of aryl methyl sites for hydroxylation is 1. The monoisotopic (exact) mass is 354 g/mol. The molecule has 0 aliphatic heterocycles. The Morgan fingerprint density at radius 2 is 2.04 bits per heavy atom. The Kier molecular flexibility index (Phi) is 3.46. The smallest absolute Gasteiger partial charge is 0.290 e. The van der Waals surface area contributed by atoms with E-state index in [-0.39, 0.29) is 5.91 Å². The fraction of sp³-hybridized carbons (Fsp3) is 0.133. The highest BCUT2D eigenvalue weighted by atomic mass is 32.1. The number of nitrogens with zero attached hydrogens (tertiary/aromatic N) is 5. The number of para-hydroxylation sites is 1. The quantitative estimate of drug-likeness (QED) is 0.339. The zero-order valence-electron chi connectivity index (χ0n) is 13.4. The molecule has 0 saturated heterocycles. The Morgan fingerprint density at radius 3 is 2.84 bits per heavy atom. The highest BCUT2D eigenvalue weighted by Crippen LogP contribution is 2.20. The van der Waals surface area contributed by atoms with Crippen LogP contribution in [-0.4, -0.2) is 42.1 Å². The summed E-state index contributed by atoms with van der Waals surface area (Å²) in [5.74, 6) is 0.135. The van der Waals surface area contributed by atoms with Crippen LogP contribution in [0, 0.1) is 6.92 Å². The van der Waals surface area contributed by atoms with E-state index in [9.17, 15) is 4.79 Å². The summed E-state index contributed by atoms with van der Waals surface area (Å²) >= 11 is 4.95. The van der Waals surface area contributed by atoms with Crippen LogP contribution in [0.1, 0.15) is 16.2 Å². The molecule has 0 atom stereocenters. The molecule has 3 aromatic heterocycles. The van der Waals surface area contributed by atoms with Crippen molar-refractivity contribution >= 4 is 45.6 Å². The summed E-state index contributed by atoms with van der Waals surface area (Å²) in [6.07, 6.45) is 1.66. The number of nitrogens with one attached hydrogen (secondary N) is 3. The van der Waals surface area contributed by atoms with Crippen LogP contribution in [-0.2, 0) is 0 Å². The van der Waals surface area contributed by atoms with Gasteiger partial charge in [0.15, 0.2) is 16.5 Å². The molecule has 10 heteroatoms. The molecular formula is C15H14N8OS. The maximum absolute atomic E-state index is 12.5. The molecule has 3 N–H and O–H groups in total. The summed E-state index contributed by atoms with van der Waals surface area (Å²) in [6.45, 7) is 1.75. The normalized spacial score (nSPS) is 11.1. The van der Waals surface area contributed by atoms with Crippen molar-refractivity contribution in [2.45, 2.75) is 6.92 Å². The third kappa shape index (κ3) is 2.34. The molecule has 4 rings (SSSR count). The number of hydrazine groups is 1. The Bertz CT molecular complexity index is 1140. The molecule has 0 saturated carbocycles. The first kappa shape index (κ1) is 15.3. The largest absolute Gasteiger partial charge is 0.364 e. The number of benzene rings is 1. The van der Waals surface area contributed by atoms with Gasteiger partial charge in [0.2, 0.25) is 5.78 Å². The number of carbonyl (C=O) groups is 1. The van der Waals surface area contributed by atoms with Gasteiger partial charge in [0, 0.05) is 12.4 Å². The Morgan fingerprint density at radius 1 is 1.24 bits per heavy atom. The number of amides is 1. The molecule has 126 valence electrons. The van der Waals surface area contributed by atoms with Gasteiger partial charge in [0.05, 0.1) is 11.2 Å². The number of carbonyl (C=O) groups excluding carboxylic acids is 1. The van der Waals surface area contributed by atoms with Crippen LogP contribution in [0.2, 0.25) is 0 Å². The van der Waals surface area contributed by atoms with E-state index in [1.807, 2.05) is 24.3 Å². The van der Waals surface area contributed by atoms with Crippen LogP contribution < -0.4 is 16.2 Å². The maximum Gasteiger partial charge on any atom is 0.290 e. The van der Waals surface area contributed by atoms with Gasteiger partial charge in [0.25, 0.3) is 5.91 Å². The van der Waals surface area contributed by atoms with E-state index in [1.54, 1.807) is 24.7 Å². The molecule has 4 aromatic rings. The summed E-state index contributed by atoms with van der Waals surface area (Å²) in [5, 5.41) is 8.47. The molecule has 0 aliphatic rings. The summed E-state index contributed by atoms with van der Waals surface area (Å²) in [6, 6.07) is 7.68. The van der Waals surface area contributed by atoms with Crippen LogP contribution in [0.5, 0.6) is 0 Å². The van der Waals surface area contributed by atoms with Crippen molar-refractivity contribution in [2.24, 2.45) is 0 Å². The van der Waals surface area contributed by atoms with Gasteiger partial charge in [-0.2, -0.15) is 4.52 Å². The van der Waals surface area contributed by atoms with Crippen molar-refractivity contribution in [1.29, 1.82) is 0 Å². The molecule has 25 heavy (non-hydrogen) atoms. The first-order valence-corrected chi connectivity index (χ1v) is 7.90. The van der Waals surface area contributed by atoms with Crippen molar-refractivity contribution in [2.75, 3.05) is 7.05 Å². The first-order chi connectivity index (χ1) is 12.1. The first-order valence-electron chi connectivity index (χ1n) is 7.49. The van der Waals surface area contributed by atoms with Gasteiger partial charge in [-0.15, -0.1) is 5.10 Å². The fourth-order valence-corrected chi connectivity index (χ4v) is 2.72. The molecule has 9 nitrogen and oxygen atoms in total. The van der Waals surface area contributed by atoms with Gasteiger partial charge < -0.3 is 5.32 Å². The van der Waals surface area contributed by atoms with Crippen molar-refractivity contribution in [3.05, 3.63) is 42.0 Å². The van der Waals surface area contributed by atoms with Crippen molar-refractivity contribution in [3.8, 4) is 0 Å². The van der Waals surface area contributed by atoms with E-state index in [0.29, 0.717) is 27.9 Å². The molecule has 0 aliphatic carbocycles. The number of rotatable bonds is 1. The van der Waals surface area contributed by atoms with E-state index in [2.05, 4.69) is 31.2 Å². The fourth-order valence-electron chi connectivity index (χ4n) is 2.67. The maximum atomic E-state index is 12.5. The highest BCUT2D eigenvalue weighted by Gasteiger charge is 2.21. The zero-order chi connectivity index (χ0) is 17.6. The average molecular weight is 354 g/mol. The molecule has 0 bridgehead atoms. The SMILES string of the molecule is CNC(=S)NNC(=O)c1c(C)nc2n1nc1c3ccccc3ncn12. The van der Waals surface area contributed by atoms with E-state index in [4.69, 9.17) is 12.2 Å². The number of imidazole rings is 1. The van der Waals surface area contributed by atoms with Crippen LogP contribution in [0.3, 0.4) is 0 Å². The molecule has 0 radical (unpaired) electrons. The van der Waals surface area contributed by atoms with Crippen molar-refractivity contribution < 1.29 is 4.79 Å². The van der Waals surface area contributed by atoms with Gasteiger partial charge in [-0.3, -0.25) is 20.0 Å². The van der Waals surface area contributed by atoms with E-state index >= 15 is 0 Å². The molecule has 0 fully saturated rings. The zero-order valence-corrected chi connectivity index (χ0v) is 14.3. The summed E-state index contributed by atoms with van der Waals surface area (Å²) < 4.78 is 3.27. The molecule has 1 amide bonds.